The lowest BCUT2D eigenvalue weighted by atomic mass is 10.2. The SMILES string of the molecule is COCC(O)CNc1ccc(S(N)(=O)=O)c(C(F)(F)F)c1. The number of anilines is 1. The van der Waals surface area contributed by atoms with E-state index in [0.29, 0.717) is 6.07 Å². The summed E-state index contributed by atoms with van der Waals surface area (Å²) in [6.45, 7) is -0.0474. The van der Waals surface area contributed by atoms with Crippen molar-refractivity contribution in [3.8, 4) is 0 Å². The van der Waals surface area contributed by atoms with Crippen LogP contribution in [-0.4, -0.2) is 39.9 Å². The van der Waals surface area contributed by atoms with Crippen LogP contribution in [0, 0.1) is 0 Å². The molecule has 0 fully saturated rings. The van der Waals surface area contributed by atoms with Crippen LogP contribution in [0.2, 0.25) is 0 Å². The van der Waals surface area contributed by atoms with Crippen LogP contribution in [0.25, 0.3) is 0 Å². The fourth-order valence-corrected chi connectivity index (χ4v) is 2.34. The monoisotopic (exact) mass is 328 g/mol. The van der Waals surface area contributed by atoms with Gasteiger partial charge in [-0.05, 0) is 18.2 Å². The summed E-state index contributed by atoms with van der Waals surface area (Å²) in [4.78, 5) is -1.00. The summed E-state index contributed by atoms with van der Waals surface area (Å²) in [5.74, 6) is 0. The number of hydrogen-bond acceptors (Lipinski definition) is 5. The molecule has 0 aromatic heterocycles. The maximum atomic E-state index is 12.9. The van der Waals surface area contributed by atoms with Crippen molar-refractivity contribution in [3.05, 3.63) is 23.8 Å². The highest BCUT2D eigenvalue weighted by molar-refractivity contribution is 7.89. The van der Waals surface area contributed by atoms with Crippen molar-refractivity contribution in [2.24, 2.45) is 5.14 Å². The van der Waals surface area contributed by atoms with Crippen LogP contribution in [0.4, 0.5) is 18.9 Å². The van der Waals surface area contributed by atoms with Crippen molar-refractivity contribution < 1.29 is 31.4 Å². The second-order valence-electron chi connectivity index (χ2n) is 4.24. The number of aliphatic hydroxyl groups is 1. The second-order valence-corrected chi connectivity index (χ2v) is 5.77. The van der Waals surface area contributed by atoms with E-state index in [2.05, 4.69) is 10.1 Å². The Labute approximate surface area is 119 Å². The summed E-state index contributed by atoms with van der Waals surface area (Å²) in [6.07, 6.45) is -5.79. The molecule has 0 bridgehead atoms. The number of aliphatic hydroxyl groups excluding tert-OH is 1. The maximum Gasteiger partial charge on any atom is 0.417 e. The molecule has 0 amide bonds. The Morgan fingerprint density at radius 3 is 2.52 bits per heavy atom. The minimum atomic E-state index is -4.87. The largest absolute Gasteiger partial charge is 0.417 e. The zero-order chi connectivity index (χ0) is 16.3. The summed E-state index contributed by atoms with van der Waals surface area (Å²) < 4.78 is 65.6. The molecule has 10 heteroatoms. The van der Waals surface area contributed by atoms with Crippen molar-refractivity contribution in [1.29, 1.82) is 0 Å². The van der Waals surface area contributed by atoms with Gasteiger partial charge < -0.3 is 15.2 Å². The normalized spacial score (nSPS) is 14.0. The Morgan fingerprint density at radius 1 is 1.43 bits per heavy atom. The van der Waals surface area contributed by atoms with E-state index in [0.717, 1.165) is 12.1 Å². The molecule has 1 rings (SSSR count). The lowest BCUT2D eigenvalue weighted by Crippen LogP contribution is -2.24. The molecule has 0 aliphatic heterocycles. The van der Waals surface area contributed by atoms with Crippen LogP contribution >= 0.6 is 0 Å². The quantitative estimate of drug-likeness (QED) is 0.716. The Kier molecular flexibility index (Phi) is 5.56. The van der Waals surface area contributed by atoms with Gasteiger partial charge >= 0.3 is 6.18 Å². The highest BCUT2D eigenvalue weighted by atomic mass is 32.2. The molecule has 0 aliphatic carbocycles. The molecule has 1 aromatic carbocycles. The third kappa shape index (κ3) is 5.16. The molecule has 0 heterocycles. The number of benzene rings is 1. The predicted octanol–water partition coefficient (Wildman–Crippen LogP) is 0.772. The summed E-state index contributed by atoms with van der Waals surface area (Å²) in [6, 6.07) is 2.52. The Hall–Kier alpha value is -1.36. The summed E-state index contributed by atoms with van der Waals surface area (Å²) in [7, 11) is -3.12. The molecule has 120 valence electrons. The van der Waals surface area contributed by atoms with Gasteiger partial charge in [0.05, 0.1) is 23.2 Å². The molecule has 1 atom stereocenters. The second kappa shape index (κ2) is 6.60. The number of primary sulfonamides is 1. The smallest absolute Gasteiger partial charge is 0.389 e. The van der Waals surface area contributed by atoms with E-state index in [1.165, 1.54) is 7.11 Å². The molecule has 0 spiro atoms. The summed E-state index contributed by atoms with van der Waals surface area (Å²) in [5.41, 5.74) is -1.36. The first-order valence-corrected chi connectivity index (χ1v) is 7.25. The molecule has 4 N–H and O–H groups in total. The summed E-state index contributed by atoms with van der Waals surface area (Å²) >= 11 is 0. The lowest BCUT2D eigenvalue weighted by Gasteiger charge is -2.15. The fraction of sp³-hybridized carbons (Fsp3) is 0.455. The first-order valence-electron chi connectivity index (χ1n) is 5.70. The third-order valence-electron chi connectivity index (χ3n) is 2.49. The number of methoxy groups -OCH3 is 1. The topological polar surface area (TPSA) is 102 Å². The van der Waals surface area contributed by atoms with Gasteiger partial charge in [0.1, 0.15) is 0 Å². The van der Waals surface area contributed by atoms with Gasteiger partial charge in [-0.2, -0.15) is 13.2 Å². The lowest BCUT2D eigenvalue weighted by molar-refractivity contribution is -0.139. The van der Waals surface area contributed by atoms with Crippen LogP contribution in [-0.2, 0) is 20.9 Å². The van der Waals surface area contributed by atoms with Crippen molar-refractivity contribution in [2.75, 3.05) is 25.6 Å². The van der Waals surface area contributed by atoms with Crippen molar-refractivity contribution in [3.63, 3.8) is 0 Å². The number of nitrogens with two attached hydrogens (primary N) is 1. The number of halogens is 3. The number of rotatable bonds is 6. The number of ether oxygens (including phenoxy) is 1. The molecule has 1 aromatic rings. The van der Waals surface area contributed by atoms with Gasteiger partial charge in [0, 0.05) is 19.3 Å². The van der Waals surface area contributed by atoms with Gasteiger partial charge in [-0.3, -0.25) is 0 Å². The van der Waals surface area contributed by atoms with E-state index in [-0.39, 0.29) is 18.8 Å². The number of hydrogen-bond donors (Lipinski definition) is 3. The van der Waals surface area contributed by atoms with E-state index in [4.69, 9.17) is 5.14 Å². The Bertz CT molecular complexity index is 590. The Balaban J connectivity index is 3.06. The molecule has 1 unspecified atom stereocenters. The molecule has 0 saturated heterocycles. The van der Waals surface area contributed by atoms with E-state index >= 15 is 0 Å². The van der Waals surface area contributed by atoms with Crippen LogP contribution < -0.4 is 10.5 Å². The minimum absolute atomic E-state index is 0.00452. The van der Waals surface area contributed by atoms with Gasteiger partial charge in [0.15, 0.2) is 0 Å². The number of alkyl halides is 3. The van der Waals surface area contributed by atoms with Gasteiger partial charge in [-0.1, -0.05) is 0 Å². The molecule has 0 saturated carbocycles. The van der Waals surface area contributed by atoms with Crippen molar-refractivity contribution in [1.82, 2.24) is 0 Å². The molecular formula is C11H15F3N2O4S. The average Bonchev–Trinajstić information content (AvgIpc) is 2.34. The van der Waals surface area contributed by atoms with Crippen LogP contribution in [0.15, 0.2) is 23.1 Å². The first-order chi connectivity index (χ1) is 9.55. The zero-order valence-corrected chi connectivity index (χ0v) is 11.8. The third-order valence-corrected chi connectivity index (χ3v) is 3.46. The number of nitrogens with one attached hydrogen (secondary N) is 1. The van der Waals surface area contributed by atoms with Crippen molar-refractivity contribution >= 4 is 15.7 Å². The summed E-state index contributed by atoms with van der Waals surface area (Å²) in [5, 5.41) is 16.7. The van der Waals surface area contributed by atoms with Gasteiger partial charge in [-0.15, -0.1) is 0 Å². The molecular weight excluding hydrogens is 313 g/mol. The van der Waals surface area contributed by atoms with Gasteiger partial charge in [0.2, 0.25) is 10.0 Å². The number of sulfonamides is 1. The Morgan fingerprint density at radius 2 is 2.05 bits per heavy atom. The van der Waals surface area contributed by atoms with E-state index in [1.54, 1.807) is 0 Å². The van der Waals surface area contributed by atoms with Crippen LogP contribution in [0.5, 0.6) is 0 Å². The van der Waals surface area contributed by atoms with Crippen molar-refractivity contribution in [2.45, 2.75) is 17.2 Å². The average molecular weight is 328 g/mol. The predicted molar refractivity (Wildman–Crippen MR) is 69.2 cm³/mol. The van der Waals surface area contributed by atoms with Crippen LogP contribution in [0.1, 0.15) is 5.56 Å². The van der Waals surface area contributed by atoms with E-state index in [9.17, 15) is 26.7 Å². The molecule has 6 nitrogen and oxygen atoms in total. The molecule has 0 radical (unpaired) electrons. The van der Waals surface area contributed by atoms with Gasteiger partial charge in [-0.25, -0.2) is 13.6 Å². The highest BCUT2D eigenvalue weighted by Crippen LogP contribution is 2.35. The zero-order valence-electron chi connectivity index (χ0n) is 11.0. The molecule has 21 heavy (non-hydrogen) atoms. The highest BCUT2D eigenvalue weighted by Gasteiger charge is 2.36. The molecule has 0 aliphatic rings. The first kappa shape index (κ1) is 17.7. The van der Waals surface area contributed by atoms with Crippen LogP contribution in [0.3, 0.4) is 0 Å². The van der Waals surface area contributed by atoms with E-state index < -0.39 is 32.8 Å². The minimum Gasteiger partial charge on any atom is -0.389 e. The van der Waals surface area contributed by atoms with E-state index in [1.807, 2.05) is 0 Å². The maximum absolute atomic E-state index is 12.9. The standard InChI is InChI=1S/C11H15F3N2O4S/c1-20-6-8(17)5-16-7-2-3-10(21(15,18)19)9(4-7)11(12,13)14/h2-4,8,16-17H,5-6H2,1H3,(H2,15,18,19). The van der Waals surface area contributed by atoms with Gasteiger partial charge in [0.25, 0.3) is 0 Å². The fourth-order valence-electron chi connectivity index (χ4n) is 1.60.